The molecule has 19 heavy (non-hydrogen) atoms. The minimum Gasteiger partial charge on any atom is -0.258 e. The van der Waals surface area contributed by atoms with Gasteiger partial charge in [-0.25, -0.2) is 0 Å². The van der Waals surface area contributed by atoms with Crippen molar-refractivity contribution in [2.45, 2.75) is 24.0 Å². The predicted molar refractivity (Wildman–Crippen MR) is 78.5 cm³/mol. The van der Waals surface area contributed by atoms with E-state index in [9.17, 15) is 10.1 Å². The molecule has 0 amide bonds. The molecule has 0 spiro atoms. The molecule has 2 aromatic rings. The van der Waals surface area contributed by atoms with Gasteiger partial charge in [0.05, 0.1) is 4.92 Å². The summed E-state index contributed by atoms with van der Waals surface area (Å²) >= 11 is 1.75. The number of aryl methyl sites for hydroxylation is 1. The number of thioether (sulfide) groups is 1. The normalized spacial score (nSPS) is 12.1. The number of nitrogens with zero attached hydrogens (tertiary/aromatic N) is 1. The Kier molecular flexibility index (Phi) is 4.22. The largest absolute Gasteiger partial charge is 0.269 e. The smallest absolute Gasteiger partial charge is 0.258 e. The Balaban J connectivity index is 2.09. The standard InChI is InChI=1S/C15H15NO2S/c1-11-3-9-15(10-4-11)19-12(2)13-5-7-14(8-6-13)16(17)18/h3-10,12H,1-2H3. The maximum absolute atomic E-state index is 10.6. The molecule has 0 aromatic heterocycles. The van der Waals surface area contributed by atoms with Crippen LogP contribution in [0.2, 0.25) is 0 Å². The van der Waals surface area contributed by atoms with E-state index in [0.29, 0.717) is 0 Å². The Labute approximate surface area is 116 Å². The van der Waals surface area contributed by atoms with Gasteiger partial charge in [-0.2, -0.15) is 0 Å². The molecule has 1 atom stereocenters. The van der Waals surface area contributed by atoms with Gasteiger partial charge < -0.3 is 0 Å². The van der Waals surface area contributed by atoms with Gasteiger partial charge in [0.25, 0.3) is 5.69 Å². The Morgan fingerprint density at radius 2 is 1.63 bits per heavy atom. The molecule has 0 bridgehead atoms. The van der Waals surface area contributed by atoms with Crippen molar-refractivity contribution in [2.24, 2.45) is 0 Å². The van der Waals surface area contributed by atoms with E-state index < -0.39 is 0 Å². The third-order valence-electron chi connectivity index (χ3n) is 2.91. The quantitative estimate of drug-likeness (QED) is 0.458. The summed E-state index contributed by atoms with van der Waals surface area (Å²) in [5.74, 6) is 0. The zero-order chi connectivity index (χ0) is 13.8. The highest BCUT2D eigenvalue weighted by atomic mass is 32.2. The van der Waals surface area contributed by atoms with Crippen LogP contribution in [0.3, 0.4) is 0 Å². The predicted octanol–water partition coefficient (Wildman–Crippen LogP) is 4.76. The Morgan fingerprint density at radius 3 is 2.16 bits per heavy atom. The molecule has 0 aliphatic rings. The van der Waals surface area contributed by atoms with Crippen LogP contribution in [-0.4, -0.2) is 4.92 Å². The van der Waals surface area contributed by atoms with Crippen LogP contribution in [-0.2, 0) is 0 Å². The van der Waals surface area contributed by atoms with Gasteiger partial charge in [-0.1, -0.05) is 29.8 Å². The molecule has 0 fully saturated rings. The van der Waals surface area contributed by atoms with E-state index in [4.69, 9.17) is 0 Å². The van der Waals surface area contributed by atoms with Gasteiger partial charge in [-0.15, -0.1) is 11.8 Å². The first-order chi connectivity index (χ1) is 9.06. The lowest BCUT2D eigenvalue weighted by Crippen LogP contribution is -1.91. The summed E-state index contributed by atoms with van der Waals surface area (Å²) < 4.78 is 0. The monoisotopic (exact) mass is 273 g/mol. The van der Waals surface area contributed by atoms with Crippen LogP contribution in [0.25, 0.3) is 0 Å². The fraction of sp³-hybridized carbons (Fsp3) is 0.200. The topological polar surface area (TPSA) is 43.1 Å². The van der Waals surface area contributed by atoms with E-state index in [-0.39, 0.29) is 15.9 Å². The Morgan fingerprint density at radius 1 is 1.05 bits per heavy atom. The second-order valence-corrected chi connectivity index (χ2v) is 5.84. The molecule has 3 nitrogen and oxygen atoms in total. The third kappa shape index (κ3) is 3.58. The van der Waals surface area contributed by atoms with Crippen LogP contribution >= 0.6 is 11.8 Å². The number of benzene rings is 2. The van der Waals surface area contributed by atoms with Crippen molar-refractivity contribution < 1.29 is 4.92 Å². The van der Waals surface area contributed by atoms with Crippen molar-refractivity contribution >= 4 is 17.4 Å². The second-order valence-electron chi connectivity index (χ2n) is 4.42. The van der Waals surface area contributed by atoms with Gasteiger partial charge in [0.15, 0.2) is 0 Å². The molecule has 0 radical (unpaired) electrons. The molecule has 0 N–H and O–H groups in total. The van der Waals surface area contributed by atoms with E-state index in [2.05, 4.69) is 38.1 Å². The lowest BCUT2D eigenvalue weighted by atomic mass is 10.1. The summed E-state index contributed by atoms with van der Waals surface area (Å²) in [6.45, 7) is 4.17. The SMILES string of the molecule is Cc1ccc(SC(C)c2ccc([N+](=O)[O-])cc2)cc1. The van der Waals surface area contributed by atoms with Crippen LogP contribution < -0.4 is 0 Å². The highest BCUT2D eigenvalue weighted by Gasteiger charge is 2.10. The van der Waals surface area contributed by atoms with E-state index in [1.165, 1.54) is 10.5 Å². The maximum atomic E-state index is 10.6. The van der Waals surface area contributed by atoms with Crippen LogP contribution in [0.4, 0.5) is 5.69 Å². The lowest BCUT2D eigenvalue weighted by molar-refractivity contribution is -0.384. The minimum absolute atomic E-state index is 0.135. The molecule has 0 aliphatic heterocycles. The molecule has 0 saturated carbocycles. The average Bonchev–Trinajstić information content (AvgIpc) is 2.41. The summed E-state index contributed by atoms with van der Waals surface area (Å²) in [5.41, 5.74) is 2.47. The van der Waals surface area contributed by atoms with Crippen LogP contribution in [0.5, 0.6) is 0 Å². The van der Waals surface area contributed by atoms with Gasteiger partial charge in [-0.05, 0) is 31.5 Å². The van der Waals surface area contributed by atoms with E-state index in [0.717, 1.165) is 5.56 Å². The van der Waals surface area contributed by atoms with Crippen molar-refractivity contribution in [1.29, 1.82) is 0 Å². The number of non-ortho nitro benzene ring substituents is 1. The fourth-order valence-electron chi connectivity index (χ4n) is 1.76. The molecular weight excluding hydrogens is 258 g/mol. The number of rotatable bonds is 4. The van der Waals surface area contributed by atoms with Gasteiger partial charge in [0.2, 0.25) is 0 Å². The number of nitro groups is 1. The number of hydrogen-bond acceptors (Lipinski definition) is 3. The van der Waals surface area contributed by atoms with E-state index in [1.807, 2.05) is 12.1 Å². The minimum atomic E-state index is -0.373. The molecule has 0 heterocycles. The second kappa shape index (κ2) is 5.89. The third-order valence-corrected chi connectivity index (χ3v) is 4.08. The lowest BCUT2D eigenvalue weighted by Gasteiger charge is -2.11. The zero-order valence-corrected chi connectivity index (χ0v) is 11.7. The van der Waals surface area contributed by atoms with E-state index in [1.54, 1.807) is 23.9 Å². The van der Waals surface area contributed by atoms with Gasteiger partial charge in [-0.3, -0.25) is 10.1 Å². The highest BCUT2D eigenvalue weighted by molar-refractivity contribution is 7.99. The zero-order valence-electron chi connectivity index (χ0n) is 10.9. The molecule has 0 aliphatic carbocycles. The molecule has 0 saturated heterocycles. The van der Waals surface area contributed by atoms with Crippen molar-refractivity contribution in [3.05, 3.63) is 69.8 Å². The first kappa shape index (κ1) is 13.6. The average molecular weight is 273 g/mol. The number of nitro benzene ring substituents is 1. The van der Waals surface area contributed by atoms with Crippen molar-refractivity contribution in [1.82, 2.24) is 0 Å². The van der Waals surface area contributed by atoms with Crippen LogP contribution in [0, 0.1) is 17.0 Å². The molecule has 98 valence electrons. The first-order valence-corrected chi connectivity index (χ1v) is 6.92. The Bertz CT molecular complexity index is 564. The Hall–Kier alpha value is -1.81. The van der Waals surface area contributed by atoms with Gasteiger partial charge >= 0.3 is 0 Å². The maximum Gasteiger partial charge on any atom is 0.269 e. The highest BCUT2D eigenvalue weighted by Crippen LogP contribution is 2.35. The molecule has 4 heteroatoms. The summed E-state index contributed by atoms with van der Waals surface area (Å²) in [4.78, 5) is 11.4. The molecule has 2 rings (SSSR count). The van der Waals surface area contributed by atoms with Crippen molar-refractivity contribution in [3.8, 4) is 0 Å². The first-order valence-electron chi connectivity index (χ1n) is 6.04. The summed E-state index contributed by atoms with van der Waals surface area (Å²) in [6.07, 6.45) is 0. The number of hydrogen-bond donors (Lipinski definition) is 0. The van der Waals surface area contributed by atoms with Crippen LogP contribution in [0.1, 0.15) is 23.3 Å². The van der Waals surface area contributed by atoms with Crippen molar-refractivity contribution in [2.75, 3.05) is 0 Å². The van der Waals surface area contributed by atoms with Gasteiger partial charge in [0, 0.05) is 22.3 Å². The van der Waals surface area contributed by atoms with Crippen molar-refractivity contribution in [3.63, 3.8) is 0 Å². The fourth-order valence-corrected chi connectivity index (χ4v) is 2.75. The van der Waals surface area contributed by atoms with E-state index >= 15 is 0 Å². The van der Waals surface area contributed by atoms with Crippen LogP contribution in [0.15, 0.2) is 53.4 Å². The molecular formula is C15H15NO2S. The van der Waals surface area contributed by atoms with Gasteiger partial charge in [0.1, 0.15) is 0 Å². The molecule has 2 aromatic carbocycles. The summed E-state index contributed by atoms with van der Waals surface area (Å²) in [5, 5.41) is 10.9. The summed E-state index contributed by atoms with van der Waals surface area (Å²) in [7, 11) is 0. The summed E-state index contributed by atoms with van der Waals surface area (Å²) in [6, 6.07) is 15.1. The molecule has 1 unspecified atom stereocenters.